The third kappa shape index (κ3) is 2.35. The average Bonchev–Trinajstić information content (AvgIpc) is 2.87. The zero-order valence-electron chi connectivity index (χ0n) is 10.3. The van der Waals surface area contributed by atoms with Crippen LogP contribution in [-0.2, 0) is 0 Å². The van der Waals surface area contributed by atoms with Gasteiger partial charge in [-0.2, -0.15) is 9.37 Å². The van der Waals surface area contributed by atoms with E-state index in [0.29, 0.717) is 6.42 Å². The molecule has 1 unspecified atom stereocenters. The second kappa shape index (κ2) is 5.29. The van der Waals surface area contributed by atoms with Gasteiger partial charge in [-0.15, -0.1) is 0 Å². The highest BCUT2D eigenvalue weighted by atomic mass is 19.1. The molecular weight excluding hydrogens is 274 g/mol. The molecule has 0 aliphatic rings. The minimum absolute atomic E-state index is 0.00723. The monoisotopic (exact) mass is 284 g/mol. The Kier molecular flexibility index (Phi) is 3.70. The third-order valence-electron chi connectivity index (χ3n) is 2.69. The Morgan fingerprint density at radius 1 is 1.50 bits per heavy atom. The maximum atomic E-state index is 13.9. The largest absolute Gasteiger partial charge is 0.337 e. The summed E-state index contributed by atoms with van der Waals surface area (Å²) in [5.74, 6) is -2.78. The quantitative estimate of drug-likeness (QED) is 0.681. The molecule has 2 aromatic rings. The van der Waals surface area contributed by atoms with Crippen LogP contribution in [0.2, 0.25) is 0 Å². The smallest absolute Gasteiger partial charge is 0.305 e. The van der Waals surface area contributed by atoms with Crippen LogP contribution in [0.3, 0.4) is 0 Å². The molecule has 0 fully saturated rings. The molecule has 20 heavy (non-hydrogen) atoms. The molecule has 1 aromatic heterocycles. The summed E-state index contributed by atoms with van der Waals surface area (Å²) in [4.78, 5) is 13.4. The van der Waals surface area contributed by atoms with Crippen LogP contribution in [0.15, 0.2) is 16.7 Å². The van der Waals surface area contributed by atoms with E-state index in [1.807, 2.05) is 0 Å². The topological polar surface area (TPSA) is 108 Å². The standard InChI is InChI=1S/C11H10F2N4O3/c1-2-6(14)11-15-10(16-20-11)8-5(12)3-4-7(9(8)13)17(18)19/h3-4,6H,2,14H2,1H3. The Morgan fingerprint density at radius 2 is 2.20 bits per heavy atom. The van der Waals surface area contributed by atoms with Crippen molar-refractivity contribution >= 4 is 5.69 Å². The Bertz CT molecular complexity index is 659. The van der Waals surface area contributed by atoms with Crippen LogP contribution in [0.5, 0.6) is 0 Å². The number of benzene rings is 1. The van der Waals surface area contributed by atoms with Gasteiger partial charge in [0.2, 0.25) is 17.5 Å². The minimum atomic E-state index is -1.35. The van der Waals surface area contributed by atoms with Crippen LogP contribution in [-0.4, -0.2) is 15.1 Å². The normalized spacial score (nSPS) is 12.4. The van der Waals surface area contributed by atoms with Gasteiger partial charge in [-0.05, 0) is 12.5 Å². The van der Waals surface area contributed by atoms with Crippen molar-refractivity contribution in [2.45, 2.75) is 19.4 Å². The molecule has 0 spiro atoms. The first-order valence-electron chi connectivity index (χ1n) is 5.67. The van der Waals surface area contributed by atoms with Gasteiger partial charge in [0.15, 0.2) is 0 Å². The molecule has 106 valence electrons. The zero-order chi connectivity index (χ0) is 14.9. The number of hydrogen-bond acceptors (Lipinski definition) is 6. The van der Waals surface area contributed by atoms with E-state index >= 15 is 0 Å². The van der Waals surface area contributed by atoms with Crippen molar-refractivity contribution in [2.75, 3.05) is 0 Å². The average molecular weight is 284 g/mol. The van der Waals surface area contributed by atoms with Gasteiger partial charge >= 0.3 is 5.69 Å². The maximum Gasteiger partial charge on any atom is 0.305 e. The predicted molar refractivity (Wildman–Crippen MR) is 63.5 cm³/mol. The van der Waals surface area contributed by atoms with E-state index in [0.717, 1.165) is 12.1 Å². The Balaban J connectivity index is 2.55. The van der Waals surface area contributed by atoms with E-state index in [4.69, 9.17) is 10.3 Å². The fourth-order valence-electron chi connectivity index (χ4n) is 1.55. The molecule has 0 aliphatic carbocycles. The highest BCUT2D eigenvalue weighted by Gasteiger charge is 2.26. The summed E-state index contributed by atoms with van der Waals surface area (Å²) in [6.07, 6.45) is 0.488. The van der Waals surface area contributed by atoms with Gasteiger partial charge in [-0.3, -0.25) is 10.1 Å². The Morgan fingerprint density at radius 3 is 2.80 bits per heavy atom. The number of aromatic nitrogens is 2. The van der Waals surface area contributed by atoms with Crippen LogP contribution in [0.25, 0.3) is 11.4 Å². The van der Waals surface area contributed by atoms with E-state index in [1.165, 1.54) is 0 Å². The second-order valence-electron chi connectivity index (χ2n) is 3.98. The summed E-state index contributed by atoms with van der Waals surface area (Å²) in [5, 5.41) is 14.0. The molecule has 7 nitrogen and oxygen atoms in total. The first-order chi connectivity index (χ1) is 9.45. The fraction of sp³-hybridized carbons (Fsp3) is 0.273. The predicted octanol–water partition coefficient (Wildman–Crippen LogP) is 2.33. The van der Waals surface area contributed by atoms with Gasteiger partial charge in [-0.25, -0.2) is 4.39 Å². The molecule has 1 atom stereocenters. The molecule has 0 saturated heterocycles. The molecule has 0 saturated carbocycles. The van der Waals surface area contributed by atoms with Crippen LogP contribution in [0.1, 0.15) is 25.3 Å². The lowest BCUT2D eigenvalue weighted by atomic mass is 10.1. The molecular formula is C11H10F2N4O3. The molecule has 0 amide bonds. The number of nitrogens with two attached hydrogens (primary N) is 1. The van der Waals surface area contributed by atoms with Crippen molar-refractivity contribution in [3.05, 3.63) is 39.8 Å². The first-order valence-corrected chi connectivity index (χ1v) is 5.67. The van der Waals surface area contributed by atoms with Crippen LogP contribution in [0, 0.1) is 21.7 Å². The Hall–Kier alpha value is -2.42. The number of rotatable bonds is 4. The summed E-state index contributed by atoms with van der Waals surface area (Å²) in [6.45, 7) is 1.77. The molecule has 0 aliphatic heterocycles. The van der Waals surface area contributed by atoms with Crippen molar-refractivity contribution in [1.82, 2.24) is 10.1 Å². The molecule has 1 aromatic carbocycles. The summed E-state index contributed by atoms with van der Waals surface area (Å²) in [7, 11) is 0. The lowest BCUT2D eigenvalue weighted by Crippen LogP contribution is -2.08. The zero-order valence-corrected chi connectivity index (χ0v) is 10.3. The van der Waals surface area contributed by atoms with Gasteiger partial charge in [0.05, 0.1) is 11.0 Å². The van der Waals surface area contributed by atoms with Crippen LogP contribution >= 0.6 is 0 Å². The van der Waals surface area contributed by atoms with Crippen LogP contribution in [0.4, 0.5) is 14.5 Å². The first kappa shape index (κ1) is 14.0. The lowest BCUT2D eigenvalue weighted by molar-refractivity contribution is -0.387. The van der Waals surface area contributed by atoms with Crippen molar-refractivity contribution in [3.63, 3.8) is 0 Å². The summed E-state index contributed by atoms with van der Waals surface area (Å²) in [5.41, 5.74) is 4.07. The molecule has 2 rings (SSSR count). The van der Waals surface area contributed by atoms with Crippen molar-refractivity contribution < 1.29 is 18.2 Å². The maximum absolute atomic E-state index is 13.9. The van der Waals surface area contributed by atoms with Crippen molar-refractivity contribution in [2.24, 2.45) is 5.73 Å². The number of nitrogens with zero attached hydrogens (tertiary/aromatic N) is 3. The third-order valence-corrected chi connectivity index (χ3v) is 2.69. The van der Waals surface area contributed by atoms with Crippen molar-refractivity contribution in [3.8, 4) is 11.4 Å². The summed E-state index contributed by atoms with van der Waals surface area (Å²) in [6, 6.07) is 0.931. The van der Waals surface area contributed by atoms with Gasteiger partial charge < -0.3 is 10.3 Å². The number of nitro benzene ring substituents is 1. The fourth-order valence-corrected chi connectivity index (χ4v) is 1.55. The van der Waals surface area contributed by atoms with E-state index in [-0.39, 0.29) is 5.89 Å². The van der Waals surface area contributed by atoms with Gasteiger partial charge in [0.1, 0.15) is 11.4 Å². The SMILES string of the molecule is CCC(N)c1nc(-c2c(F)ccc([N+](=O)[O-])c2F)no1. The molecule has 9 heteroatoms. The highest BCUT2D eigenvalue weighted by Crippen LogP contribution is 2.30. The number of halogens is 2. The van der Waals surface area contributed by atoms with E-state index in [1.54, 1.807) is 6.92 Å². The van der Waals surface area contributed by atoms with Gasteiger partial charge in [0, 0.05) is 6.07 Å². The molecule has 0 bridgehead atoms. The van der Waals surface area contributed by atoms with Crippen molar-refractivity contribution in [1.29, 1.82) is 0 Å². The van der Waals surface area contributed by atoms with Crippen LogP contribution < -0.4 is 5.73 Å². The summed E-state index contributed by atoms with van der Waals surface area (Å²) >= 11 is 0. The van der Waals surface area contributed by atoms with E-state index in [2.05, 4.69) is 10.1 Å². The molecule has 2 N–H and O–H groups in total. The number of nitro groups is 1. The number of hydrogen-bond donors (Lipinski definition) is 1. The lowest BCUT2D eigenvalue weighted by Gasteiger charge is -2.01. The second-order valence-corrected chi connectivity index (χ2v) is 3.98. The molecule has 1 heterocycles. The van der Waals surface area contributed by atoms with Gasteiger partial charge in [-0.1, -0.05) is 12.1 Å². The van der Waals surface area contributed by atoms with E-state index in [9.17, 15) is 18.9 Å². The molecule has 0 radical (unpaired) electrons. The highest BCUT2D eigenvalue weighted by molar-refractivity contribution is 5.61. The summed E-state index contributed by atoms with van der Waals surface area (Å²) < 4.78 is 32.4. The Labute approximate surface area is 111 Å². The minimum Gasteiger partial charge on any atom is -0.337 e. The van der Waals surface area contributed by atoms with Gasteiger partial charge in [0.25, 0.3) is 0 Å². The van der Waals surface area contributed by atoms with E-state index < -0.39 is 39.7 Å².